The van der Waals surface area contributed by atoms with Crippen molar-refractivity contribution in [2.45, 2.75) is 32.4 Å². The molecule has 2 nitrogen and oxygen atoms in total. The molecule has 4 heteroatoms. The molecule has 1 atom stereocenters. The summed E-state index contributed by atoms with van der Waals surface area (Å²) in [6.07, 6.45) is 0. The minimum atomic E-state index is -0.767. The Kier molecular flexibility index (Phi) is 4.24. The number of carbonyl (C=O) groups is 1. The first-order valence-corrected chi connectivity index (χ1v) is 3.45. The quantitative estimate of drug-likeness (QED) is 0.588. The lowest BCUT2D eigenvalue weighted by Crippen LogP contribution is -2.18. The lowest BCUT2D eigenvalue weighted by atomic mass is 9.30. The van der Waals surface area contributed by atoms with Gasteiger partial charge in [-0.2, -0.15) is 0 Å². The molecule has 0 rings (SSSR count). The highest BCUT2D eigenvalue weighted by atomic mass is 16.4. The Morgan fingerprint density at radius 1 is 1.30 bits per heavy atom. The molecule has 0 heterocycles. The lowest BCUT2D eigenvalue weighted by Gasteiger charge is -2.04. The second-order valence-electron chi connectivity index (χ2n) is 2.76. The average Bonchev–Trinajstić information content (AvgIpc) is 1.82. The summed E-state index contributed by atoms with van der Waals surface area (Å²) in [6, 6.07) is 0. The van der Waals surface area contributed by atoms with Gasteiger partial charge in [0.2, 0.25) is 0 Å². The predicted octanol–water partition coefficient (Wildman–Crippen LogP) is 1.03. The summed E-state index contributed by atoms with van der Waals surface area (Å²) in [6.45, 7) is 5.71. The van der Waals surface area contributed by atoms with Crippen molar-refractivity contribution in [3.8, 4) is 0 Å². The Labute approximate surface area is 63.5 Å². The molecule has 0 aliphatic rings. The van der Waals surface area contributed by atoms with Crippen molar-refractivity contribution in [2.24, 2.45) is 0 Å². The Hall–Kier alpha value is -0.400. The molecule has 0 spiro atoms. The highest BCUT2D eigenvalue weighted by molar-refractivity contribution is 7.02. The number of aliphatic carboxylic acids is 1. The van der Waals surface area contributed by atoms with Crippen LogP contribution in [0.2, 0.25) is 11.6 Å². The van der Waals surface area contributed by atoms with Crippen LogP contribution in [0.1, 0.15) is 20.8 Å². The van der Waals surface area contributed by atoms with Crippen molar-refractivity contribution >= 4 is 20.3 Å². The maximum atomic E-state index is 10.3. The molecule has 0 aromatic rings. The van der Waals surface area contributed by atoms with E-state index in [9.17, 15) is 4.79 Å². The van der Waals surface area contributed by atoms with Crippen LogP contribution in [-0.2, 0) is 4.79 Å². The second kappa shape index (κ2) is 4.42. The molecule has 1 unspecified atom stereocenters. The van der Waals surface area contributed by atoms with Crippen molar-refractivity contribution in [1.29, 1.82) is 0 Å². The molecule has 1 N–H and O–H groups in total. The van der Waals surface area contributed by atoms with E-state index in [2.05, 4.69) is 0 Å². The fourth-order valence-corrected chi connectivity index (χ4v) is 0.471. The Balaban J connectivity index is 3.40. The maximum Gasteiger partial charge on any atom is 0.297 e. The van der Waals surface area contributed by atoms with Gasteiger partial charge < -0.3 is 5.11 Å². The van der Waals surface area contributed by atoms with E-state index in [1.54, 1.807) is 14.1 Å². The molecule has 0 saturated carbocycles. The molecule has 0 bridgehead atoms. The summed E-state index contributed by atoms with van der Waals surface area (Å²) in [7, 11) is 3.62. The normalized spacial score (nSPS) is 12.8. The number of hydrogen-bond acceptors (Lipinski definition) is 1. The molecule has 0 aliphatic carbocycles. The van der Waals surface area contributed by atoms with Crippen molar-refractivity contribution in [1.82, 2.24) is 0 Å². The Morgan fingerprint density at radius 3 is 2.10 bits per heavy atom. The standard InChI is InChI=1S/C6H12B2O2/c1-4(2)7-8-5(3)6(9)10/h4-5H,1-3H3,(H,9,10). The summed E-state index contributed by atoms with van der Waals surface area (Å²) in [4.78, 5) is 10.3. The first-order valence-electron chi connectivity index (χ1n) is 3.45. The van der Waals surface area contributed by atoms with Crippen LogP contribution < -0.4 is 0 Å². The highest BCUT2D eigenvalue weighted by Gasteiger charge is 2.12. The SMILES string of the molecule is CC(C)[B][B]C(C)C(=O)O. The third kappa shape index (κ3) is 4.48. The summed E-state index contributed by atoms with van der Waals surface area (Å²) in [5.41, 5.74) is 0. The van der Waals surface area contributed by atoms with Gasteiger partial charge in [-0.25, -0.2) is 0 Å². The van der Waals surface area contributed by atoms with Crippen molar-refractivity contribution in [2.75, 3.05) is 0 Å². The first kappa shape index (κ1) is 9.60. The molecule has 0 aromatic heterocycles. The second-order valence-corrected chi connectivity index (χ2v) is 2.76. The van der Waals surface area contributed by atoms with Gasteiger partial charge in [0.05, 0.1) is 14.3 Å². The Bertz CT molecular complexity index is 114. The predicted molar refractivity (Wildman–Crippen MR) is 43.7 cm³/mol. The van der Waals surface area contributed by atoms with Crippen LogP contribution in [0.25, 0.3) is 0 Å². The van der Waals surface area contributed by atoms with Gasteiger partial charge in [-0.15, -0.1) is 0 Å². The summed E-state index contributed by atoms with van der Waals surface area (Å²) in [5, 5.41) is 8.44. The molecule has 0 aromatic carbocycles. The van der Waals surface area contributed by atoms with Crippen LogP contribution in [-0.4, -0.2) is 25.4 Å². The largest absolute Gasteiger partial charge is 0.482 e. The van der Waals surface area contributed by atoms with Crippen LogP contribution in [0.4, 0.5) is 0 Å². The van der Waals surface area contributed by atoms with Crippen molar-refractivity contribution < 1.29 is 9.90 Å². The molecular weight excluding hydrogens is 126 g/mol. The minimum Gasteiger partial charge on any atom is -0.482 e. The monoisotopic (exact) mass is 138 g/mol. The van der Waals surface area contributed by atoms with E-state index in [4.69, 9.17) is 5.11 Å². The van der Waals surface area contributed by atoms with Crippen molar-refractivity contribution in [3.05, 3.63) is 0 Å². The fraction of sp³-hybridized carbons (Fsp3) is 0.833. The zero-order valence-corrected chi connectivity index (χ0v) is 6.66. The van der Waals surface area contributed by atoms with Crippen LogP contribution in [0.3, 0.4) is 0 Å². The van der Waals surface area contributed by atoms with Crippen LogP contribution in [0, 0.1) is 0 Å². The molecule has 0 saturated heterocycles. The molecule has 2 radical (unpaired) electrons. The van der Waals surface area contributed by atoms with Gasteiger partial charge in [0, 0.05) is 5.82 Å². The van der Waals surface area contributed by atoms with Gasteiger partial charge in [0.25, 0.3) is 5.97 Å². The zero-order valence-electron chi connectivity index (χ0n) is 6.66. The van der Waals surface area contributed by atoms with E-state index >= 15 is 0 Å². The molecular formula is C6H12B2O2. The molecule has 54 valence electrons. The number of rotatable bonds is 4. The van der Waals surface area contributed by atoms with E-state index in [1.165, 1.54) is 0 Å². The maximum absolute atomic E-state index is 10.3. The van der Waals surface area contributed by atoms with E-state index in [1.807, 2.05) is 21.0 Å². The van der Waals surface area contributed by atoms with Gasteiger partial charge in [-0.3, -0.25) is 4.79 Å². The van der Waals surface area contributed by atoms with Crippen molar-refractivity contribution in [3.63, 3.8) is 0 Å². The van der Waals surface area contributed by atoms with Crippen LogP contribution in [0.15, 0.2) is 0 Å². The number of hydrogen-bond donors (Lipinski definition) is 1. The molecule has 0 amide bonds. The number of carboxylic acids is 1. The Morgan fingerprint density at radius 2 is 1.80 bits per heavy atom. The fourth-order valence-electron chi connectivity index (χ4n) is 0.471. The van der Waals surface area contributed by atoms with Gasteiger partial charge in [0.1, 0.15) is 0 Å². The topological polar surface area (TPSA) is 37.3 Å². The van der Waals surface area contributed by atoms with Gasteiger partial charge in [-0.1, -0.05) is 26.6 Å². The smallest absolute Gasteiger partial charge is 0.297 e. The third-order valence-electron chi connectivity index (χ3n) is 1.17. The molecule has 0 fully saturated rings. The van der Waals surface area contributed by atoms with Gasteiger partial charge in [0.15, 0.2) is 0 Å². The minimum absolute atomic E-state index is 0.359. The first-order chi connectivity index (χ1) is 4.54. The lowest BCUT2D eigenvalue weighted by molar-refractivity contribution is -0.136. The van der Waals surface area contributed by atoms with E-state index in [-0.39, 0.29) is 5.82 Å². The van der Waals surface area contributed by atoms with Crippen LogP contribution in [0.5, 0.6) is 0 Å². The van der Waals surface area contributed by atoms with E-state index in [0.717, 1.165) is 0 Å². The molecule has 0 aliphatic heterocycles. The van der Waals surface area contributed by atoms with E-state index < -0.39 is 5.97 Å². The van der Waals surface area contributed by atoms with Gasteiger partial charge in [-0.05, 0) is 0 Å². The molecule has 10 heavy (non-hydrogen) atoms. The highest BCUT2D eigenvalue weighted by Crippen LogP contribution is 2.03. The summed E-state index contributed by atoms with van der Waals surface area (Å²) in [5.74, 6) is -0.693. The summed E-state index contributed by atoms with van der Waals surface area (Å²) >= 11 is 0. The third-order valence-corrected chi connectivity index (χ3v) is 1.17. The van der Waals surface area contributed by atoms with Crippen LogP contribution >= 0.6 is 0 Å². The van der Waals surface area contributed by atoms with Gasteiger partial charge >= 0.3 is 0 Å². The zero-order chi connectivity index (χ0) is 8.15. The van der Waals surface area contributed by atoms with E-state index in [0.29, 0.717) is 5.82 Å². The number of carboxylic acid groups (broad SMARTS) is 1. The average molecular weight is 138 g/mol. The summed E-state index contributed by atoms with van der Waals surface area (Å²) < 4.78 is 0.